The maximum absolute atomic E-state index is 12.5. The fourth-order valence-electron chi connectivity index (χ4n) is 2.91. The van der Waals surface area contributed by atoms with Gasteiger partial charge in [0, 0.05) is 5.56 Å². The molecule has 2 N–H and O–H groups in total. The van der Waals surface area contributed by atoms with Crippen molar-refractivity contribution in [2.75, 3.05) is 13.2 Å². The summed E-state index contributed by atoms with van der Waals surface area (Å²) >= 11 is 0. The van der Waals surface area contributed by atoms with Crippen molar-refractivity contribution in [1.29, 1.82) is 5.26 Å². The Kier molecular flexibility index (Phi) is 6.23. The van der Waals surface area contributed by atoms with Gasteiger partial charge in [0.1, 0.15) is 11.3 Å². The van der Waals surface area contributed by atoms with E-state index < -0.39 is 23.8 Å². The van der Waals surface area contributed by atoms with Crippen LogP contribution in [0.2, 0.25) is 0 Å². The van der Waals surface area contributed by atoms with Gasteiger partial charge in [0.2, 0.25) is 5.88 Å². The van der Waals surface area contributed by atoms with Crippen LogP contribution in [0.15, 0.2) is 29.7 Å². The van der Waals surface area contributed by atoms with Gasteiger partial charge in [-0.05, 0) is 31.9 Å². The Morgan fingerprint density at radius 3 is 2.54 bits per heavy atom. The van der Waals surface area contributed by atoms with E-state index in [4.69, 9.17) is 19.9 Å². The van der Waals surface area contributed by atoms with Crippen molar-refractivity contribution in [2.45, 2.75) is 33.1 Å². The summed E-state index contributed by atoms with van der Waals surface area (Å²) in [5.41, 5.74) is 7.43. The quantitative estimate of drug-likeness (QED) is 0.776. The van der Waals surface area contributed by atoms with Crippen LogP contribution in [-0.2, 0) is 25.5 Å². The summed E-state index contributed by atoms with van der Waals surface area (Å²) in [4.78, 5) is 24.9. The number of rotatable bonds is 6. The molecule has 0 amide bonds. The van der Waals surface area contributed by atoms with E-state index in [1.54, 1.807) is 19.9 Å². The number of benzene rings is 1. The van der Waals surface area contributed by atoms with Crippen molar-refractivity contribution >= 4 is 11.9 Å². The number of hydrogen-bond donors (Lipinski definition) is 1. The second-order valence-electron chi connectivity index (χ2n) is 5.66. The van der Waals surface area contributed by atoms with Gasteiger partial charge in [-0.1, -0.05) is 19.1 Å². The van der Waals surface area contributed by atoms with E-state index in [1.165, 1.54) is 0 Å². The zero-order valence-electron chi connectivity index (χ0n) is 15.1. The molecule has 1 aliphatic heterocycles. The predicted molar refractivity (Wildman–Crippen MR) is 92.8 cm³/mol. The van der Waals surface area contributed by atoms with Crippen LogP contribution in [0.4, 0.5) is 0 Å². The Hall–Kier alpha value is -3.01. The highest BCUT2D eigenvalue weighted by atomic mass is 16.5. The van der Waals surface area contributed by atoms with Crippen LogP contribution in [0.3, 0.4) is 0 Å². The van der Waals surface area contributed by atoms with Crippen LogP contribution in [0, 0.1) is 17.2 Å². The lowest BCUT2D eigenvalue weighted by atomic mass is 9.78. The highest BCUT2D eigenvalue weighted by molar-refractivity contribution is 5.93. The summed E-state index contributed by atoms with van der Waals surface area (Å²) in [5, 5.41) is 9.64. The molecule has 0 aliphatic carbocycles. The molecule has 0 radical (unpaired) electrons. The van der Waals surface area contributed by atoms with Crippen LogP contribution in [-0.4, -0.2) is 25.2 Å². The summed E-state index contributed by atoms with van der Waals surface area (Å²) in [7, 11) is 0. The van der Waals surface area contributed by atoms with Gasteiger partial charge in [-0.2, -0.15) is 5.26 Å². The summed E-state index contributed by atoms with van der Waals surface area (Å²) in [6.45, 7) is 5.53. The Bertz CT molecular complexity index is 779. The van der Waals surface area contributed by atoms with E-state index in [0.717, 1.165) is 12.0 Å². The van der Waals surface area contributed by atoms with Gasteiger partial charge in [0.15, 0.2) is 5.92 Å². The molecule has 1 aromatic carbocycles. The lowest BCUT2D eigenvalue weighted by Gasteiger charge is -2.30. The number of nitrogens with two attached hydrogens (primary N) is 1. The predicted octanol–water partition coefficient (Wildman–Crippen LogP) is 2.16. The van der Waals surface area contributed by atoms with E-state index in [2.05, 4.69) is 0 Å². The van der Waals surface area contributed by atoms with Gasteiger partial charge in [-0.25, -0.2) is 4.79 Å². The molecule has 7 nitrogen and oxygen atoms in total. The van der Waals surface area contributed by atoms with Crippen LogP contribution in [0.1, 0.15) is 37.8 Å². The maximum Gasteiger partial charge on any atom is 0.340 e. The monoisotopic (exact) mass is 358 g/mol. The van der Waals surface area contributed by atoms with Crippen molar-refractivity contribution in [1.82, 2.24) is 0 Å². The topological polar surface area (TPSA) is 112 Å². The molecule has 0 aromatic heterocycles. The molecule has 0 bridgehead atoms. The number of carbonyl (C=O) groups is 2. The van der Waals surface area contributed by atoms with E-state index in [9.17, 15) is 14.9 Å². The summed E-state index contributed by atoms with van der Waals surface area (Å²) < 4.78 is 15.7. The zero-order chi connectivity index (χ0) is 19.3. The molecule has 26 heavy (non-hydrogen) atoms. The molecule has 1 aromatic rings. The first kappa shape index (κ1) is 19.3. The molecule has 0 fully saturated rings. The van der Waals surface area contributed by atoms with E-state index >= 15 is 0 Å². The molecular formula is C19H22N2O5. The van der Waals surface area contributed by atoms with Crippen LogP contribution < -0.4 is 10.5 Å². The van der Waals surface area contributed by atoms with Crippen LogP contribution in [0.5, 0.6) is 5.75 Å². The third-order valence-electron chi connectivity index (χ3n) is 4.12. The number of esters is 2. The minimum Gasteiger partial charge on any atom is -0.465 e. The molecule has 2 rings (SSSR count). The molecule has 1 aliphatic rings. The second kappa shape index (κ2) is 8.39. The Balaban J connectivity index is 2.64. The van der Waals surface area contributed by atoms with Crippen molar-refractivity contribution in [3.05, 3.63) is 40.8 Å². The highest BCUT2D eigenvalue weighted by Gasteiger charge is 2.43. The lowest BCUT2D eigenvalue weighted by Crippen LogP contribution is -2.34. The minimum atomic E-state index is -1.25. The fourth-order valence-corrected chi connectivity index (χ4v) is 2.91. The van der Waals surface area contributed by atoms with Crippen LogP contribution in [0.25, 0.3) is 0 Å². The number of hydrogen-bond acceptors (Lipinski definition) is 7. The molecule has 2 atom stereocenters. The van der Waals surface area contributed by atoms with Crippen molar-refractivity contribution < 1.29 is 23.8 Å². The van der Waals surface area contributed by atoms with Gasteiger partial charge in [-0.3, -0.25) is 4.79 Å². The number of nitrogens with zero attached hydrogens (tertiary/aromatic N) is 1. The molecule has 7 heteroatoms. The average Bonchev–Trinajstić information content (AvgIpc) is 2.62. The summed E-state index contributed by atoms with van der Waals surface area (Å²) in [6, 6.07) is 7.35. The number of ether oxygens (including phenoxy) is 3. The number of carbonyl (C=O) groups excluding carboxylic acids is 2. The first-order valence-electron chi connectivity index (χ1n) is 8.52. The minimum absolute atomic E-state index is 0.0350. The largest absolute Gasteiger partial charge is 0.465 e. The molecule has 0 saturated carbocycles. The maximum atomic E-state index is 12.5. The molecule has 0 spiro atoms. The van der Waals surface area contributed by atoms with E-state index in [-0.39, 0.29) is 24.7 Å². The number of aryl methyl sites for hydroxylation is 1. The van der Waals surface area contributed by atoms with Gasteiger partial charge in [0.25, 0.3) is 0 Å². The Labute approximate surface area is 152 Å². The van der Waals surface area contributed by atoms with Gasteiger partial charge < -0.3 is 19.9 Å². The summed E-state index contributed by atoms with van der Waals surface area (Å²) in [6.07, 6.45) is 0.741. The van der Waals surface area contributed by atoms with E-state index in [1.807, 2.05) is 25.1 Å². The molecule has 1 heterocycles. The van der Waals surface area contributed by atoms with Crippen molar-refractivity contribution in [3.63, 3.8) is 0 Å². The van der Waals surface area contributed by atoms with E-state index in [0.29, 0.717) is 11.3 Å². The standard InChI is InChI=1S/C19H22N2O5/c1-4-11-7-8-14-12(9-11)15(13(10-20)18(22)24-5-2)16(17(21)26-14)19(23)25-6-3/h7-9,13,15H,4-6,21H2,1-3H3. The first-order chi connectivity index (χ1) is 12.5. The SMILES string of the molecule is CCOC(=O)C1=C(N)Oc2ccc(CC)cc2C1C(C#N)C(=O)OCC. The Morgan fingerprint density at radius 1 is 1.27 bits per heavy atom. The Morgan fingerprint density at radius 2 is 1.96 bits per heavy atom. The second-order valence-corrected chi connectivity index (χ2v) is 5.66. The number of nitriles is 1. The first-order valence-corrected chi connectivity index (χ1v) is 8.52. The molecular weight excluding hydrogens is 336 g/mol. The van der Waals surface area contributed by atoms with Gasteiger partial charge >= 0.3 is 11.9 Å². The van der Waals surface area contributed by atoms with Crippen LogP contribution >= 0.6 is 0 Å². The fraction of sp³-hybridized carbons (Fsp3) is 0.421. The summed E-state index contributed by atoms with van der Waals surface area (Å²) in [5.74, 6) is -3.37. The zero-order valence-corrected chi connectivity index (χ0v) is 15.1. The average molecular weight is 358 g/mol. The van der Waals surface area contributed by atoms with Gasteiger partial charge in [0.05, 0.1) is 25.2 Å². The third-order valence-corrected chi connectivity index (χ3v) is 4.12. The van der Waals surface area contributed by atoms with Crippen molar-refractivity contribution in [2.24, 2.45) is 11.7 Å². The molecule has 2 unspecified atom stereocenters. The normalized spacial score (nSPS) is 16.8. The number of fused-ring (bicyclic) bond motifs is 1. The molecule has 0 saturated heterocycles. The lowest BCUT2D eigenvalue weighted by molar-refractivity contribution is -0.146. The van der Waals surface area contributed by atoms with Gasteiger partial charge in [-0.15, -0.1) is 0 Å². The smallest absolute Gasteiger partial charge is 0.340 e. The molecule has 138 valence electrons. The van der Waals surface area contributed by atoms with Crippen molar-refractivity contribution in [3.8, 4) is 11.8 Å². The highest BCUT2D eigenvalue weighted by Crippen LogP contribution is 2.43. The third kappa shape index (κ3) is 3.64.